The first-order chi connectivity index (χ1) is 7.83. The second-order valence-corrected chi connectivity index (χ2v) is 3.99. The minimum absolute atomic E-state index is 0.250. The van der Waals surface area contributed by atoms with Crippen molar-refractivity contribution in [2.45, 2.75) is 71.1 Å². The third-order valence-electron chi connectivity index (χ3n) is 2.51. The summed E-state index contributed by atoms with van der Waals surface area (Å²) in [5, 5.41) is 8.57. The van der Waals surface area contributed by atoms with Crippen LogP contribution in [0.5, 0.6) is 0 Å². The molecule has 0 saturated heterocycles. The largest absolute Gasteiger partial charge is 0.396 e. The summed E-state index contributed by atoms with van der Waals surface area (Å²) in [7, 11) is 0. The molecule has 0 saturated carbocycles. The Balaban J connectivity index is 0. The summed E-state index contributed by atoms with van der Waals surface area (Å²) in [5.41, 5.74) is 0. The van der Waals surface area contributed by atoms with Gasteiger partial charge in [0.05, 0.1) is 0 Å². The maximum atomic E-state index is 8.57. The zero-order chi connectivity index (χ0) is 12.5. The number of hydrogen-bond donors (Lipinski definition) is 1. The predicted octanol–water partition coefficient (Wildman–Crippen LogP) is 3.32. The average molecular weight is 230 g/mol. The third kappa shape index (κ3) is 23.3. The second kappa shape index (κ2) is 19.8. The molecule has 0 aliphatic carbocycles. The molecule has 0 rings (SSSR count). The standard InChI is InChI=1S/C12H26O.CO2/c1-2-3-4-5-6-7-8-9-10-11-12-13;2-1-3/h13H,2-12H2,1H3;. The maximum absolute atomic E-state index is 8.57. The molecular formula is C13H26O3. The Labute approximate surface area is 99.2 Å². The van der Waals surface area contributed by atoms with E-state index in [1.54, 1.807) is 0 Å². The van der Waals surface area contributed by atoms with Crippen LogP contribution in [0.4, 0.5) is 0 Å². The highest BCUT2D eigenvalue weighted by Crippen LogP contribution is 2.09. The molecular weight excluding hydrogens is 204 g/mol. The molecule has 16 heavy (non-hydrogen) atoms. The topological polar surface area (TPSA) is 54.4 Å². The Morgan fingerprint density at radius 1 is 0.750 bits per heavy atom. The normalized spacial score (nSPS) is 9.12. The van der Waals surface area contributed by atoms with Crippen LogP contribution >= 0.6 is 0 Å². The maximum Gasteiger partial charge on any atom is 0.373 e. The van der Waals surface area contributed by atoms with Crippen LogP contribution < -0.4 is 0 Å². The lowest BCUT2D eigenvalue weighted by Crippen LogP contribution is -1.84. The molecule has 96 valence electrons. The van der Waals surface area contributed by atoms with E-state index in [2.05, 4.69) is 6.92 Å². The molecule has 0 aromatic carbocycles. The molecule has 0 atom stereocenters. The van der Waals surface area contributed by atoms with Crippen LogP contribution in [-0.2, 0) is 9.59 Å². The molecule has 0 aliphatic rings. The van der Waals surface area contributed by atoms with Crippen molar-refractivity contribution in [3.63, 3.8) is 0 Å². The first-order valence-electron chi connectivity index (χ1n) is 6.43. The summed E-state index contributed by atoms with van der Waals surface area (Å²) in [5.74, 6) is 0. The van der Waals surface area contributed by atoms with E-state index in [1.165, 1.54) is 57.8 Å². The van der Waals surface area contributed by atoms with Gasteiger partial charge in [0.25, 0.3) is 0 Å². The molecule has 0 heterocycles. The fourth-order valence-electron chi connectivity index (χ4n) is 1.60. The highest BCUT2D eigenvalue weighted by Gasteiger charge is 1.91. The number of hydrogen-bond acceptors (Lipinski definition) is 3. The van der Waals surface area contributed by atoms with Gasteiger partial charge in [-0.05, 0) is 6.42 Å². The van der Waals surface area contributed by atoms with E-state index in [1.807, 2.05) is 0 Å². The monoisotopic (exact) mass is 230 g/mol. The van der Waals surface area contributed by atoms with E-state index >= 15 is 0 Å². The lowest BCUT2D eigenvalue weighted by Gasteiger charge is -2.00. The van der Waals surface area contributed by atoms with E-state index in [0.29, 0.717) is 6.61 Å². The second-order valence-electron chi connectivity index (χ2n) is 3.99. The van der Waals surface area contributed by atoms with E-state index in [9.17, 15) is 0 Å². The fraction of sp³-hybridized carbons (Fsp3) is 0.923. The van der Waals surface area contributed by atoms with Gasteiger partial charge in [-0.25, -0.2) is 0 Å². The van der Waals surface area contributed by atoms with Gasteiger partial charge >= 0.3 is 6.15 Å². The number of aliphatic hydroxyl groups excluding tert-OH is 1. The van der Waals surface area contributed by atoms with Gasteiger partial charge < -0.3 is 5.11 Å². The number of aliphatic hydroxyl groups is 1. The number of carbonyl (C=O) groups excluding carboxylic acids is 2. The van der Waals surface area contributed by atoms with Gasteiger partial charge in [0.1, 0.15) is 0 Å². The Morgan fingerprint density at radius 2 is 1.06 bits per heavy atom. The molecule has 0 bridgehead atoms. The molecule has 0 aromatic heterocycles. The van der Waals surface area contributed by atoms with Crippen LogP contribution in [0.15, 0.2) is 0 Å². The Kier molecular flexibility index (Phi) is 22.0. The Morgan fingerprint density at radius 3 is 1.38 bits per heavy atom. The van der Waals surface area contributed by atoms with E-state index in [4.69, 9.17) is 14.7 Å². The first-order valence-corrected chi connectivity index (χ1v) is 6.43. The van der Waals surface area contributed by atoms with Gasteiger partial charge in [0.2, 0.25) is 0 Å². The lowest BCUT2D eigenvalue weighted by molar-refractivity contribution is -0.191. The van der Waals surface area contributed by atoms with Gasteiger partial charge in [-0.15, -0.1) is 0 Å². The highest BCUT2D eigenvalue weighted by molar-refractivity contribution is 5.20. The molecule has 3 nitrogen and oxygen atoms in total. The van der Waals surface area contributed by atoms with Crippen LogP contribution in [0.2, 0.25) is 0 Å². The van der Waals surface area contributed by atoms with Gasteiger partial charge in [0, 0.05) is 6.61 Å². The fourth-order valence-corrected chi connectivity index (χ4v) is 1.60. The van der Waals surface area contributed by atoms with Crippen molar-refractivity contribution in [3.05, 3.63) is 0 Å². The summed E-state index contributed by atoms with van der Waals surface area (Å²) < 4.78 is 0. The zero-order valence-corrected chi connectivity index (χ0v) is 10.5. The van der Waals surface area contributed by atoms with Crippen molar-refractivity contribution >= 4 is 6.15 Å². The summed E-state index contributed by atoms with van der Waals surface area (Å²) in [6.45, 7) is 2.63. The summed E-state index contributed by atoms with van der Waals surface area (Å²) >= 11 is 0. The first kappa shape index (κ1) is 17.7. The molecule has 0 aromatic rings. The smallest absolute Gasteiger partial charge is 0.373 e. The van der Waals surface area contributed by atoms with Crippen molar-refractivity contribution in [2.75, 3.05) is 6.61 Å². The lowest BCUT2D eigenvalue weighted by atomic mass is 10.1. The summed E-state index contributed by atoms with van der Waals surface area (Å²) in [4.78, 5) is 16.2. The SMILES string of the molecule is CCCCCCCCCCCCO.O=C=O. The summed E-state index contributed by atoms with van der Waals surface area (Å²) in [6.07, 6.45) is 13.6. The van der Waals surface area contributed by atoms with Gasteiger partial charge in [0.15, 0.2) is 0 Å². The van der Waals surface area contributed by atoms with Crippen LogP contribution in [0.25, 0.3) is 0 Å². The van der Waals surface area contributed by atoms with Crippen LogP contribution in [0.3, 0.4) is 0 Å². The quantitative estimate of drug-likeness (QED) is 0.586. The molecule has 3 heteroatoms. The molecule has 1 N–H and O–H groups in total. The van der Waals surface area contributed by atoms with Crippen molar-refractivity contribution in [1.82, 2.24) is 0 Å². The molecule has 0 spiro atoms. The van der Waals surface area contributed by atoms with Crippen molar-refractivity contribution in [3.8, 4) is 0 Å². The van der Waals surface area contributed by atoms with Gasteiger partial charge in [-0.1, -0.05) is 64.7 Å². The number of rotatable bonds is 10. The molecule has 0 unspecified atom stereocenters. The predicted molar refractivity (Wildman–Crippen MR) is 63.9 cm³/mol. The average Bonchev–Trinajstić information content (AvgIpc) is 2.28. The number of unbranched alkanes of at least 4 members (excludes halogenated alkanes) is 9. The molecule has 0 radical (unpaired) electrons. The van der Waals surface area contributed by atoms with Crippen molar-refractivity contribution < 1.29 is 14.7 Å². The van der Waals surface area contributed by atoms with Crippen molar-refractivity contribution in [1.29, 1.82) is 0 Å². The minimum atomic E-state index is 0.250. The van der Waals surface area contributed by atoms with E-state index in [-0.39, 0.29) is 6.15 Å². The van der Waals surface area contributed by atoms with Crippen molar-refractivity contribution in [2.24, 2.45) is 0 Å². The third-order valence-corrected chi connectivity index (χ3v) is 2.51. The van der Waals surface area contributed by atoms with E-state index < -0.39 is 0 Å². The summed E-state index contributed by atoms with van der Waals surface area (Å²) in [6, 6.07) is 0. The highest BCUT2D eigenvalue weighted by atomic mass is 16.3. The van der Waals surface area contributed by atoms with Gasteiger partial charge in [-0.3, -0.25) is 0 Å². The molecule has 0 amide bonds. The minimum Gasteiger partial charge on any atom is -0.396 e. The molecule has 0 aliphatic heterocycles. The van der Waals surface area contributed by atoms with E-state index in [0.717, 1.165) is 6.42 Å². The molecule has 0 fully saturated rings. The Hall–Kier alpha value is -0.660. The van der Waals surface area contributed by atoms with Crippen LogP contribution in [0, 0.1) is 0 Å². The Bertz CT molecular complexity index is 130. The zero-order valence-electron chi connectivity index (χ0n) is 10.5. The van der Waals surface area contributed by atoms with Crippen LogP contribution in [-0.4, -0.2) is 17.9 Å². The van der Waals surface area contributed by atoms with Gasteiger partial charge in [-0.2, -0.15) is 9.59 Å². The van der Waals surface area contributed by atoms with Crippen LogP contribution in [0.1, 0.15) is 71.1 Å².